The standard InChI is InChI=1S/C21H31NO4/c1-7-9-18(22(6)20(24)26-21(3,4)5)17-13-10-16(11-14-17)12-15-19(23)25-8-2/h10-15,18H,7-9H2,1-6H3/b15-12+. The fraction of sp³-hybridized carbons (Fsp3) is 0.524. The van der Waals surface area contributed by atoms with Crippen molar-refractivity contribution in [3.8, 4) is 0 Å². The number of benzene rings is 1. The zero-order valence-corrected chi connectivity index (χ0v) is 16.7. The number of hydrogen-bond donors (Lipinski definition) is 0. The van der Waals surface area contributed by atoms with Gasteiger partial charge >= 0.3 is 12.1 Å². The van der Waals surface area contributed by atoms with Crippen LogP contribution in [-0.2, 0) is 14.3 Å². The molecule has 0 aliphatic carbocycles. The van der Waals surface area contributed by atoms with Gasteiger partial charge in [0, 0.05) is 13.1 Å². The molecule has 0 saturated carbocycles. The third-order valence-corrected chi connectivity index (χ3v) is 3.73. The molecular weight excluding hydrogens is 330 g/mol. The molecule has 0 heterocycles. The summed E-state index contributed by atoms with van der Waals surface area (Å²) < 4.78 is 10.4. The van der Waals surface area contributed by atoms with E-state index in [-0.39, 0.29) is 18.1 Å². The second-order valence-corrected chi connectivity index (χ2v) is 7.15. The quantitative estimate of drug-likeness (QED) is 0.508. The van der Waals surface area contributed by atoms with Crippen molar-refractivity contribution < 1.29 is 19.1 Å². The number of amides is 1. The molecule has 144 valence electrons. The highest BCUT2D eigenvalue weighted by Gasteiger charge is 2.25. The summed E-state index contributed by atoms with van der Waals surface area (Å²) in [6, 6.07) is 7.75. The summed E-state index contributed by atoms with van der Waals surface area (Å²) in [5.74, 6) is -0.356. The van der Waals surface area contributed by atoms with Gasteiger partial charge in [0.2, 0.25) is 0 Å². The van der Waals surface area contributed by atoms with Crippen LogP contribution >= 0.6 is 0 Å². The molecule has 1 unspecified atom stereocenters. The van der Waals surface area contributed by atoms with Crippen molar-refractivity contribution in [3.63, 3.8) is 0 Å². The molecule has 0 fully saturated rings. The Morgan fingerprint density at radius 2 is 1.77 bits per heavy atom. The summed E-state index contributed by atoms with van der Waals surface area (Å²) in [6.07, 6.45) is 4.58. The van der Waals surface area contributed by atoms with Crippen molar-refractivity contribution in [1.29, 1.82) is 0 Å². The summed E-state index contributed by atoms with van der Waals surface area (Å²) in [4.78, 5) is 25.4. The van der Waals surface area contributed by atoms with E-state index in [9.17, 15) is 9.59 Å². The Morgan fingerprint density at radius 1 is 1.15 bits per heavy atom. The summed E-state index contributed by atoms with van der Waals surface area (Å²) in [7, 11) is 1.77. The normalized spacial score (nSPS) is 12.7. The summed E-state index contributed by atoms with van der Waals surface area (Å²) in [5, 5.41) is 0. The first-order valence-electron chi connectivity index (χ1n) is 9.08. The minimum Gasteiger partial charge on any atom is -0.463 e. The third-order valence-electron chi connectivity index (χ3n) is 3.73. The van der Waals surface area contributed by atoms with E-state index in [1.807, 2.05) is 45.0 Å². The zero-order valence-electron chi connectivity index (χ0n) is 16.7. The predicted octanol–water partition coefficient (Wildman–Crippen LogP) is 4.97. The van der Waals surface area contributed by atoms with Crippen LogP contribution in [0.4, 0.5) is 4.79 Å². The van der Waals surface area contributed by atoms with Gasteiger partial charge in [0.05, 0.1) is 12.6 Å². The lowest BCUT2D eigenvalue weighted by Gasteiger charge is -2.31. The Bertz CT molecular complexity index is 614. The van der Waals surface area contributed by atoms with Crippen molar-refractivity contribution in [1.82, 2.24) is 4.90 Å². The lowest BCUT2D eigenvalue weighted by atomic mass is 10.00. The maximum absolute atomic E-state index is 12.4. The van der Waals surface area contributed by atoms with E-state index in [0.29, 0.717) is 6.61 Å². The van der Waals surface area contributed by atoms with E-state index in [1.54, 1.807) is 24.9 Å². The minimum absolute atomic E-state index is 0.0575. The Labute approximate surface area is 157 Å². The number of esters is 1. The number of carbonyl (C=O) groups excluding carboxylic acids is 2. The van der Waals surface area contributed by atoms with Crippen molar-refractivity contribution in [3.05, 3.63) is 41.5 Å². The van der Waals surface area contributed by atoms with Crippen LogP contribution in [0.15, 0.2) is 30.3 Å². The first-order chi connectivity index (χ1) is 12.2. The molecule has 5 heteroatoms. The number of ether oxygens (including phenoxy) is 2. The Balaban J connectivity index is 2.90. The van der Waals surface area contributed by atoms with Crippen LogP contribution in [0.1, 0.15) is 64.6 Å². The molecule has 5 nitrogen and oxygen atoms in total. The van der Waals surface area contributed by atoms with Crippen LogP contribution in [-0.4, -0.2) is 36.2 Å². The zero-order chi connectivity index (χ0) is 19.7. The molecule has 1 aromatic carbocycles. The fourth-order valence-corrected chi connectivity index (χ4v) is 2.50. The number of nitrogens with zero attached hydrogens (tertiary/aromatic N) is 1. The van der Waals surface area contributed by atoms with Crippen LogP contribution in [0, 0.1) is 0 Å². The molecular formula is C21H31NO4. The van der Waals surface area contributed by atoms with Gasteiger partial charge in [-0.3, -0.25) is 0 Å². The van der Waals surface area contributed by atoms with Gasteiger partial charge in [-0.05, 0) is 51.3 Å². The molecule has 1 rings (SSSR count). The van der Waals surface area contributed by atoms with E-state index in [0.717, 1.165) is 24.0 Å². The van der Waals surface area contributed by atoms with Crippen LogP contribution in [0.5, 0.6) is 0 Å². The first kappa shape index (κ1) is 21.7. The van der Waals surface area contributed by atoms with Gasteiger partial charge in [0.25, 0.3) is 0 Å². The maximum Gasteiger partial charge on any atom is 0.410 e. The summed E-state index contributed by atoms with van der Waals surface area (Å²) in [5.41, 5.74) is 1.41. The molecule has 0 aliphatic rings. The van der Waals surface area contributed by atoms with Crippen LogP contribution in [0.25, 0.3) is 6.08 Å². The van der Waals surface area contributed by atoms with E-state index in [2.05, 4.69) is 6.92 Å². The first-order valence-corrected chi connectivity index (χ1v) is 9.08. The topological polar surface area (TPSA) is 55.8 Å². The number of carbonyl (C=O) groups is 2. The van der Waals surface area contributed by atoms with Gasteiger partial charge in [-0.15, -0.1) is 0 Å². The van der Waals surface area contributed by atoms with Crippen LogP contribution in [0.3, 0.4) is 0 Å². The molecule has 1 amide bonds. The van der Waals surface area contributed by atoms with E-state index < -0.39 is 5.60 Å². The molecule has 0 saturated heterocycles. The smallest absolute Gasteiger partial charge is 0.410 e. The van der Waals surface area contributed by atoms with Crippen LogP contribution in [0.2, 0.25) is 0 Å². The van der Waals surface area contributed by atoms with Gasteiger partial charge in [-0.1, -0.05) is 37.6 Å². The van der Waals surface area contributed by atoms with Gasteiger partial charge in [0.15, 0.2) is 0 Å². The number of hydrogen-bond acceptors (Lipinski definition) is 4. The van der Waals surface area contributed by atoms with E-state index >= 15 is 0 Å². The SMILES string of the molecule is CCCC(c1ccc(/C=C/C(=O)OCC)cc1)N(C)C(=O)OC(C)(C)C. The Morgan fingerprint density at radius 3 is 2.27 bits per heavy atom. The third kappa shape index (κ3) is 7.30. The van der Waals surface area contributed by atoms with Gasteiger partial charge in [0.1, 0.15) is 5.60 Å². The maximum atomic E-state index is 12.4. The van der Waals surface area contributed by atoms with Crippen LogP contribution < -0.4 is 0 Å². The molecule has 0 aliphatic heterocycles. The van der Waals surface area contributed by atoms with Gasteiger partial charge < -0.3 is 14.4 Å². The van der Waals surface area contributed by atoms with Crippen molar-refractivity contribution in [2.75, 3.05) is 13.7 Å². The Hall–Kier alpha value is -2.30. The molecule has 26 heavy (non-hydrogen) atoms. The van der Waals surface area contributed by atoms with E-state index in [1.165, 1.54) is 6.08 Å². The van der Waals surface area contributed by atoms with Crippen molar-refractivity contribution in [2.24, 2.45) is 0 Å². The van der Waals surface area contributed by atoms with Gasteiger partial charge in [-0.2, -0.15) is 0 Å². The largest absolute Gasteiger partial charge is 0.463 e. The highest BCUT2D eigenvalue weighted by molar-refractivity contribution is 5.87. The summed E-state index contributed by atoms with van der Waals surface area (Å²) >= 11 is 0. The fourth-order valence-electron chi connectivity index (χ4n) is 2.50. The Kier molecular flexibility index (Phi) is 8.36. The molecule has 0 aromatic heterocycles. The molecule has 0 N–H and O–H groups in total. The lowest BCUT2D eigenvalue weighted by molar-refractivity contribution is -0.137. The predicted molar refractivity (Wildman–Crippen MR) is 104 cm³/mol. The molecule has 1 atom stereocenters. The number of rotatable bonds is 7. The highest BCUT2D eigenvalue weighted by atomic mass is 16.6. The molecule has 0 spiro atoms. The minimum atomic E-state index is -0.524. The second kappa shape index (κ2) is 10.00. The molecule has 0 radical (unpaired) electrons. The lowest BCUT2D eigenvalue weighted by Crippen LogP contribution is -2.36. The monoisotopic (exact) mass is 361 g/mol. The second-order valence-electron chi connectivity index (χ2n) is 7.15. The highest BCUT2D eigenvalue weighted by Crippen LogP contribution is 2.26. The van der Waals surface area contributed by atoms with E-state index in [4.69, 9.17) is 9.47 Å². The molecule has 1 aromatic rings. The summed E-state index contributed by atoms with van der Waals surface area (Å²) in [6.45, 7) is 9.80. The van der Waals surface area contributed by atoms with Crippen molar-refractivity contribution in [2.45, 2.75) is 59.1 Å². The average molecular weight is 361 g/mol. The molecule has 0 bridgehead atoms. The average Bonchev–Trinajstić information content (AvgIpc) is 2.56. The van der Waals surface area contributed by atoms with Crippen molar-refractivity contribution >= 4 is 18.1 Å². The van der Waals surface area contributed by atoms with Gasteiger partial charge in [-0.25, -0.2) is 9.59 Å².